The topological polar surface area (TPSA) is 0 Å². The van der Waals surface area contributed by atoms with E-state index >= 15 is 0 Å². The molecule has 0 aliphatic carbocycles. The lowest BCUT2D eigenvalue weighted by Gasteiger charge is -2.10. The molecule has 0 radical (unpaired) electrons. The first-order valence-electron chi connectivity index (χ1n) is 6.69. The first-order chi connectivity index (χ1) is 9.84. The zero-order chi connectivity index (χ0) is 13.8. The van der Waals surface area contributed by atoms with E-state index in [1.54, 1.807) is 0 Å². The number of alkyl halides is 1. The summed E-state index contributed by atoms with van der Waals surface area (Å²) < 4.78 is 14.4. The Morgan fingerprint density at radius 1 is 0.500 bits per heavy atom. The van der Waals surface area contributed by atoms with E-state index in [0.717, 1.165) is 11.1 Å². The summed E-state index contributed by atoms with van der Waals surface area (Å²) in [6, 6.07) is 27.0. The maximum absolute atomic E-state index is 14.4. The summed E-state index contributed by atoms with van der Waals surface area (Å²) in [6.07, 6.45) is -1.07. The minimum absolute atomic E-state index is 0.691. The van der Waals surface area contributed by atoms with Gasteiger partial charge in [-0.2, -0.15) is 0 Å². The lowest BCUT2D eigenvalue weighted by molar-refractivity contribution is 0.402. The molecule has 0 heterocycles. The molecule has 0 aliphatic heterocycles. The molecule has 0 bridgehead atoms. The molecule has 3 aromatic rings. The fourth-order valence-electron chi connectivity index (χ4n) is 2.29. The highest BCUT2D eigenvalue weighted by Crippen LogP contribution is 2.28. The predicted molar refractivity (Wildman–Crippen MR) is 81.3 cm³/mol. The van der Waals surface area contributed by atoms with E-state index in [-0.39, 0.29) is 0 Å². The Labute approximate surface area is 118 Å². The molecule has 0 aliphatic rings. The zero-order valence-electron chi connectivity index (χ0n) is 11.0. The van der Waals surface area contributed by atoms with Gasteiger partial charge >= 0.3 is 0 Å². The molecular weight excluding hydrogens is 247 g/mol. The average molecular weight is 262 g/mol. The molecule has 3 aromatic carbocycles. The van der Waals surface area contributed by atoms with Gasteiger partial charge < -0.3 is 0 Å². The van der Waals surface area contributed by atoms with Crippen molar-refractivity contribution in [1.82, 2.24) is 0 Å². The lowest BCUT2D eigenvalue weighted by Crippen LogP contribution is -1.93. The highest BCUT2D eigenvalue weighted by Gasteiger charge is 2.11. The van der Waals surface area contributed by atoms with Crippen molar-refractivity contribution in [2.75, 3.05) is 0 Å². The highest BCUT2D eigenvalue weighted by atomic mass is 19.1. The van der Waals surface area contributed by atoms with Gasteiger partial charge in [0.25, 0.3) is 0 Å². The third kappa shape index (κ3) is 2.62. The van der Waals surface area contributed by atoms with Crippen LogP contribution in [0, 0.1) is 0 Å². The second-order valence-electron chi connectivity index (χ2n) is 4.76. The van der Waals surface area contributed by atoms with Gasteiger partial charge in [-0.1, -0.05) is 84.9 Å². The largest absolute Gasteiger partial charge is 0.237 e. The van der Waals surface area contributed by atoms with Gasteiger partial charge in [0.15, 0.2) is 6.17 Å². The Morgan fingerprint density at radius 2 is 0.950 bits per heavy atom. The molecule has 20 heavy (non-hydrogen) atoms. The SMILES string of the molecule is FC(c1ccccc1)c1ccc(-c2ccccc2)cc1. The van der Waals surface area contributed by atoms with Crippen LogP contribution in [0.5, 0.6) is 0 Å². The van der Waals surface area contributed by atoms with Crippen LogP contribution in [0.4, 0.5) is 4.39 Å². The minimum Gasteiger partial charge on any atom is -0.237 e. The summed E-state index contributed by atoms with van der Waals surface area (Å²) in [4.78, 5) is 0. The molecule has 1 heteroatoms. The molecule has 0 saturated heterocycles. The Morgan fingerprint density at radius 3 is 1.55 bits per heavy atom. The molecule has 0 fully saturated rings. The van der Waals surface area contributed by atoms with E-state index in [4.69, 9.17) is 0 Å². The van der Waals surface area contributed by atoms with Crippen molar-refractivity contribution >= 4 is 0 Å². The van der Waals surface area contributed by atoms with Crippen molar-refractivity contribution in [3.8, 4) is 11.1 Å². The van der Waals surface area contributed by atoms with Crippen LogP contribution in [0.25, 0.3) is 11.1 Å². The van der Waals surface area contributed by atoms with E-state index in [9.17, 15) is 4.39 Å². The van der Waals surface area contributed by atoms with Gasteiger partial charge in [-0.15, -0.1) is 0 Å². The maximum atomic E-state index is 14.4. The van der Waals surface area contributed by atoms with Crippen LogP contribution in [0.1, 0.15) is 17.3 Å². The van der Waals surface area contributed by atoms with E-state index in [1.807, 2.05) is 72.8 Å². The van der Waals surface area contributed by atoms with Gasteiger partial charge in [-0.05, 0) is 22.3 Å². The molecule has 98 valence electrons. The molecule has 0 saturated carbocycles. The molecule has 0 amide bonds. The summed E-state index contributed by atoms with van der Waals surface area (Å²) in [5.74, 6) is 0. The zero-order valence-corrected chi connectivity index (χ0v) is 11.0. The molecule has 0 nitrogen and oxygen atoms in total. The number of hydrogen-bond donors (Lipinski definition) is 0. The fourth-order valence-corrected chi connectivity index (χ4v) is 2.29. The van der Waals surface area contributed by atoms with Gasteiger partial charge in [0, 0.05) is 0 Å². The Kier molecular flexibility index (Phi) is 3.60. The smallest absolute Gasteiger partial charge is 0.150 e. The van der Waals surface area contributed by atoms with Gasteiger partial charge in [0.2, 0.25) is 0 Å². The van der Waals surface area contributed by atoms with Gasteiger partial charge in [0.1, 0.15) is 0 Å². The second-order valence-corrected chi connectivity index (χ2v) is 4.76. The van der Waals surface area contributed by atoms with Crippen LogP contribution in [0.15, 0.2) is 84.9 Å². The third-order valence-corrected chi connectivity index (χ3v) is 3.40. The Balaban J connectivity index is 1.87. The van der Waals surface area contributed by atoms with Crippen molar-refractivity contribution < 1.29 is 4.39 Å². The van der Waals surface area contributed by atoms with Gasteiger partial charge in [-0.3, -0.25) is 0 Å². The summed E-state index contributed by atoms with van der Waals surface area (Å²) in [7, 11) is 0. The molecule has 1 unspecified atom stereocenters. The van der Waals surface area contributed by atoms with Crippen LogP contribution >= 0.6 is 0 Å². The average Bonchev–Trinajstić information content (AvgIpc) is 2.56. The van der Waals surface area contributed by atoms with Gasteiger partial charge in [0.05, 0.1) is 0 Å². The van der Waals surface area contributed by atoms with Crippen LogP contribution in [-0.4, -0.2) is 0 Å². The van der Waals surface area contributed by atoms with Crippen LogP contribution in [0.3, 0.4) is 0 Å². The van der Waals surface area contributed by atoms with Crippen LogP contribution in [-0.2, 0) is 0 Å². The predicted octanol–water partition coefficient (Wildman–Crippen LogP) is 5.41. The summed E-state index contributed by atoms with van der Waals surface area (Å²) in [5, 5.41) is 0. The number of hydrogen-bond acceptors (Lipinski definition) is 0. The lowest BCUT2D eigenvalue weighted by atomic mass is 9.99. The summed E-state index contributed by atoms with van der Waals surface area (Å²) in [5.41, 5.74) is 3.64. The normalized spacial score (nSPS) is 12.1. The maximum Gasteiger partial charge on any atom is 0.150 e. The fraction of sp³-hybridized carbons (Fsp3) is 0.0526. The third-order valence-electron chi connectivity index (χ3n) is 3.40. The van der Waals surface area contributed by atoms with E-state index in [2.05, 4.69) is 12.1 Å². The van der Waals surface area contributed by atoms with E-state index < -0.39 is 6.17 Å². The van der Waals surface area contributed by atoms with E-state index in [1.165, 1.54) is 0 Å². The van der Waals surface area contributed by atoms with Crippen molar-refractivity contribution in [3.63, 3.8) is 0 Å². The van der Waals surface area contributed by atoms with Crippen molar-refractivity contribution in [3.05, 3.63) is 96.1 Å². The molecule has 3 rings (SSSR count). The van der Waals surface area contributed by atoms with Crippen LogP contribution in [0.2, 0.25) is 0 Å². The summed E-state index contributed by atoms with van der Waals surface area (Å²) >= 11 is 0. The first kappa shape index (κ1) is 12.6. The number of benzene rings is 3. The molecular formula is C19H15F. The van der Waals surface area contributed by atoms with Crippen molar-refractivity contribution in [2.45, 2.75) is 6.17 Å². The standard InChI is InChI=1S/C19H15F/c20-19(17-9-5-2-6-10-17)18-13-11-16(12-14-18)15-7-3-1-4-8-15/h1-14,19H. The first-order valence-corrected chi connectivity index (χ1v) is 6.69. The van der Waals surface area contributed by atoms with Gasteiger partial charge in [-0.25, -0.2) is 4.39 Å². The molecule has 0 N–H and O–H groups in total. The Hall–Kier alpha value is -2.41. The molecule has 1 atom stereocenters. The van der Waals surface area contributed by atoms with Crippen molar-refractivity contribution in [2.24, 2.45) is 0 Å². The van der Waals surface area contributed by atoms with E-state index in [0.29, 0.717) is 11.1 Å². The quantitative estimate of drug-likeness (QED) is 0.591. The minimum atomic E-state index is -1.07. The molecule has 0 aromatic heterocycles. The van der Waals surface area contributed by atoms with Crippen LogP contribution < -0.4 is 0 Å². The van der Waals surface area contributed by atoms with Crippen molar-refractivity contribution in [1.29, 1.82) is 0 Å². The second kappa shape index (κ2) is 5.70. The number of halogens is 1. The molecule has 0 spiro atoms. The Bertz CT molecular complexity index is 657. The summed E-state index contributed by atoms with van der Waals surface area (Å²) in [6.45, 7) is 0. The highest BCUT2D eigenvalue weighted by molar-refractivity contribution is 5.63. The monoisotopic (exact) mass is 262 g/mol. The number of rotatable bonds is 3.